The van der Waals surface area contributed by atoms with Crippen LogP contribution in [0, 0.1) is 12.3 Å². The molecule has 164 valence electrons. The third-order valence-corrected chi connectivity index (χ3v) is 6.12. The van der Waals surface area contributed by atoms with Crippen molar-refractivity contribution in [3.63, 3.8) is 0 Å². The molecule has 0 unspecified atom stereocenters. The van der Waals surface area contributed by atoms with Crippen LogP contribution in [0.5, 0.6) is 0 Å². The van der Waals surface area contributed by atoms with Crippen LogP contribution in [-0.2, 0) is 29.1 Å². The number of aromatic nitrogens is 1. The topological polar surface area (TPSA) is 185 Å². The Morgan fingerprint density at radius 2 is 2.26 bits per heavy atom. The van der Waals surface area contributed by atoms with Crippen LogP contribution < -0.4 is 11.1 Å². The summed E-state index contributed by atoms with van der Waals surface area (Å²) in [7, 11) is -3.86. The van der Waals surface area contributed by atoms with Gasteiger partial charge in [0.05, 0.1) is 11.4 Å². The number of oxime groups is 1. The maximum absolute atomic E-state index is 12.8. The third kappa shape index (κ3) is 4.35. The number of amides is 2. The zero-order chi connectivity index (χ0) is 22.9. The van der Waals surface area contributed by atoms with Crippen molar-refractivity contribution >= 4 is 49.8 Å². The first-order chi connectivity index (χ1) is 14.5. The Balaban J connectivity index is 1.84. The Morgan fingerprint density at radius 3 is 2.81 bits per heavy atom. The predicted molar refractivity (Wildman–Crippen MR) is 108 cm³/mol. The number of nitrogen functional groups attached to an aromatic ring is 1. The highest BCUT2D eigenvalue weighted by atomic mass is 32.2. The average Bonchev–Trinajstić information content (AvgIpc) is 3.34. The maximum atomic E-state index is 12.8. The van der Waals surface area contributed by atoms with E-state index < -0.39 is 39.4 Å². The summed E-state index contributed by atoms with van der Waals surface area (Å²) in [6.45, 7) is -0.688. The quantitative estimate of drug-likeness (QED) is 0.175. The summed E-state index contributed by atoms with van der Waals surface area (Å²) >= 11 is 1.05. The zero-order valence-electron chi connectivity index (χ0n) is 15.9. The van der Waals surface area contributed by atoms with Crippen LogP contribution >= 0.6 is 11.3 Å². The highest BCUT2D eigenvalue weighted by Crippen LogP contribution is 2.31. The number of aliphatic carboxylic acids is 1. The molecule has 0 spiro atoms. The lowest BCUT2D eigenvalue weighted by atomic mass is 10.2. The Kier molecular flexibility index (Phi) is 5.97. The van der Waals surface area contributed by atoms with E-state index >= 15 is 0 Å². The molecule has 3 rings (SSSR count). The lowest BCUT2D eigenvalue weighted by Crippen LogP contribution is -2.46. The molecule has 0 aromatic carbocycles. The van der Waals surface area contributed by atoms with Crippen LogP contribution in [0.15, 0.2) is 21.1 Å². The number of nitrogens with two attached hydrogens (primary N) is 1. The highest BCUT2D eigenvalue weighted by Gasteiger charge is 2.50. The van der Waals surface area contributed by atoms with E-state index in [4.69, 9.17) is 17.0 Å². The molecule has 1 saturated heterocycles. The number of carbonyl (C=O) groups is 3. The van der Waals surface area contributed by atoms with E-state index in [1.165, 1.54) is 10.4 Å². The smallest absolute Gasteiger partial charge is 0.355 e. The number of thiazole rings is 1. The van der Waals surface area contributed by atoms with Gasteiger partial charge in [-0.15, -0.1) is 17.8 Å². The number of hydrazine groups is 1. The Labute approximate surface area is 180 Å². The van der Waals surface area contributed by atoms with E-state index in [2.05, 4.69) is 21.4 Å². The number of carboxylic acid groups (broad SMARTS) is 1. The molecule has 0 saturated carbocycles. The van der Waals surface area contributed by atoms with Gasteiger partial charge < -0.3 is 21.0 Å². The summed E-state index contributed by atoms with van der Waals surface area (Å²) in [6.07, 6.45) is 5.94. The number of nitrogens with zero attached hydrogens (tertiary/aromatic N) is 4. The molecule has 0 radical (unpaired) electrons. The molecule has 13 nitrogen and oxygen atoms in total. The molecule has 0 aliphatic carbocycles. The lowest BCUT2D eigenvalue weighted by molar-refractivity contribution is -0.143. The number of hydrogen-bond acceptors (Lipinski definition) is 11. The fourth-order valence-corrected chi connectivity index (χ4v) is 4.43. The molecular formula is C16H16N6O7S2. The van der Waals surface area contributed by atoms with Gasteiger partial charge in [-0.1, -0.05) is 11.1 Å². The van der Waals surface area contributed by atoms with Gasteiger partial charge in [0.1, 0.15) is 11.7 Å². The molecular weight excluding hydrogens is 452 g/mol. The first-order valence-corrected chi connectivity index (χ1v) is 11.2. The number of fused-ring (bicyclic) bond motifs is 1. The molecule has 1 aromatic rings. The number of rotatable bonds is 7. The largest absolute Gasteiger partial charge is 0.476 e. The van der Waals surface area contributed by atoms with Crippen LogP contribution in [0.2, 0.25) is 0 Å². The minimum atomic E-state index is -3.86. The molecule has 31 heavy (non-hydrogen) atoms. The van der Waals surface area contributed by atoms with Gasteiger partial charge in [0, 0.05) is 18.2 Å². The zero-order valence-corrected chi connectivity index (χ0v) is 17.6. The van der Waals surface area contributed by atoms with Crippen LogP contribution in [-0.4, -0.2) is 84.0 Å². The SMILES string of the molecule is C#CCO/N=C(/C(=O)N[C@H]1CN2CC(S(C)(=O)=O)=C(C(=O)O)N2C1=O)c1csc(N)n1. The van der Waals surface area contributed by atoms with E-state index in [-0.39, 0.29) is 41.1 Å². The highest BCUT2D eigenvalue weighted by molar-refractivity contribution is 7.94. The van der Waals surface area contributed by atoms with Crippen LogP contribution in [0.25, 0.3) is 0 Å². The van der Waals surface area contributed by atoms with Crippen molar-refractivity contribution in [2.45, 2.75) is 6.04 Å². The second kappa shape index (κ2) is 8.34. The van der Waals surface area contributed by atoms with Gasteiger partial charge in [-0.25, -0.2) is 28.2 Å². The molecule has 2 aliphatic heterocycles. The van der Waals surface area contributed by atoms with Gasteiger partial charge in [0.2, 0.25) is 0 Å². The van der Waals surface area contributed by atoms with E-state index in [9.17, 15) is 27.9 Å². The first-order valence-electron chi connectivity index (χ1n) is 8.45. The summed E-state index contributed by atoms with van der Waals surface area (Å²) in [5.74, 6) is -1.06. The monoisotopic (exact) mass is 468 g/mol. The number of anilines is 1. The molecule has 0 bridgehead atoms. The first kappa shape index (κ1) is 22.2. The molecule has 4 N–H and O–H groups in total. The molecule has 3 heterocycles. The molecule has 2 aliphatic rings. The number of sulfone groups is 1. The van der Waals surface area contributed by atoms with Crippen LogP contribution in [0.1, 0.15) is 5.69 Å². The molecule has 15 heteroatoms. The third-order valence-electron chi connectivity index (χ3n) is 4.22. The minimum Gasteiger partial charge on any atom is -0.476 e. The number of nitrogens with one attached hydrogen (secondary N) is 1. The number of hydrogen-bond donors (Lipinski definition) is 3. The van der Waals surface area contributed by atoms with Crippen LogP contribution in [0.3, 0.4) is 0 Å². The van der Waals surface area contributed by atoms with Crippen molar-refractivity contribution in [2.75, 3.05) is 31.7 Å². The van der Waals surface area contributed by atoms with E-state index in [1.807, 2.05) is 0 Å². The van der Waals surface area contributed by atoms with Crippen molar-refractivity contribution < 1.29 is 32.7 Å². The normalized spacial score (nSPS) is 19.4. The Morgan fingerprint density at radius 1 is 1.55 bits per heavy atom. The summed E-state index contributed by atoms with van der Waals surface area (Å²) in [6, 6.07) is -1.17. The lowest BCUT2D eigenvalue weighted by Gasteiger charge is -2.18. The summed E-state index contributed by atoms with van der Waals surface area (Å²) in [4.78, 5) is 45.6. The van der Waals surface area contributed by atoms with Gasteiger partial charge in [0.25, 0.3) is 11.8 Å². The van der Waals surface area contributed by atoms with Gasteiger partial charge >= 0.3 is 5.97 Å². The Bertz CT molecular complexity index is 1160. The fourth-order valence-electron chi connectivity index (χ4n) is 2.97. The second-order valence-electron chi connectivity index (χ2n) is 6.36. The summed E-state index contributed by atoms with van der Waals surface area (Å²) in [5, 5.41) is 19.1. The molecule has 1 aromatic heterocycles. The van der Waals surface area contributed by atoms with Gasteiger partial charge in [0.15, 0.2) is 33.0 Å². The summed E-state index contributed by atoms with van der Waals surface area (Å²) in [5.41, 5.74) is 4.72. The van der Waals surface area contributed by atoms with Crippen molar-refractivity contribution in [3.8, 4) is 12.3 Å². The fraction of sp³-hybridized carbons (Fsp3) is 0.312. The predicted octanol–water partition coefficient (Wildman–Crippen LogP) is -2.02. The van der Waals surface area contributed by atoms with E-state index in [0.29, 0.717) is 0 Å². The number of carboxylic acids is 1. The maximum Gasteiger partial charge on any atom is 0.355 e. The van der Waals surface area contributed by atoms with Gasteiger partial charge in [-0.05, 0) is 0 Å². The molecule has 1 atom stereocenters. The van der Waals surface area contributed by atoms with Crippen LogP contribution in [0.4, 0.5) is 5.13 Å². The minimum absolute atomic E-state index is 0.0914. The second-order valence-corrected chi connectivity index (χ2v) is 9.29. The van der Waals surface area contributed by atoms with Crippen molar-refractivity contribution in [1.82, 2.24) is 20.3 Å². The number of terminal acetylenes is 1. The summed E-state index contributed by atoms with van der Waals surface area (Å²) < 4.78 is 23.8. The van der Waals surface area contributed by atoms with E-state index in [0.717, 1.165) is 22.6 Å². The average molecular weight is 468 g/mol. The van der Waals surface area contributed by atoms with Crippen molar-refractivity contribution in [2.24, 2.45) is 5.16 Å². The molecule has 1 fully saturated rings. The van der Waals surface area contributed by atoms with Crippen molar-refractivity contribution in [1.29, 1.82) is 0 Å². The van der Waals surface area contributed by atoms with Gasteiger partial charge in [-0.2, -0.15) is 0 Å². The number of carbonyl (C=O) groups excluding carboxylic acids is 2. The van der Waals surface area contributed by atoms with Crippen molar-refractivity contribution in [3.05, 3.63) is 21.7 Å². The standard InChI is InChI=1S/C16H16N6O7S2/c1-3-4-29-20-11(9-7-30-16(17)19-9)13(23)18-8-5-21-6-10(31(2,27)28)12(15(25)26)22(21)14(8)24/h1,7-8H,4-6H2,2H3,(H2,17,19)(H,18,23)(H,25,26)/b20-11+/t8-/m0/s1. The van der Waals surface area contributed by atoms with Gasteiger partial charge in [-0.3, -0.25) is 9.59 Å². The van der Waals surface area contributed by atoms with E-state index in [1.54, 1.807) is 0 Å². The Hall–Kier alpha value is -3.48. The molecule has 2 amide bonds.